The van der Waals surface area contributed by atoms with E-state index >= 15 is 0 Å². The maximum Gasteiger partial charge on any atom is 0.329 e. The molecule has 28 heavy (non-hydrogen) atoms. The summed E-state index contributed by atoms with van der Waals surface area (Å²) in [4.78, 5) is 39.8. The molecule has 2 aromatic carbocycles. The third kappa shape index (κ3) is 3.33. The van der Waals surface area contributed by atoms with Gasteiger partial charge in [-0.05, 0) is 41.3 Å². The molecule has 0 aliphatic rings. The first-order chi connectivity index (χ1) is 13.5. The van der Waals surface area contributed by atoms with Gasteiger partial charge in [0.15, 0.2) is 0 Å². The lowest BCUT2D eigenvalue weighted by atomic mass is 10.1. The number of anilines is 2. The largest absolute Gasteiger partial charge is 0.397 e. The first-order valence-electron chi connectivity index (χ1n) is 8.48. The number of rotatable bonds is 4. The van der Waals surface area contributed by atoms with Crippen LogP contribution >= 0.6 is 11.3 Å². The molecule has 0 aliphatic carbocycles. The minimum Gasteiger partial charge on any atom is -0.397 e. The van der Waals surface area contributed by atoms with Gasteiger partial charge in [-0.2, -0.15) is 0 Å². The normalized spacial score (nSPS) is 10.9. The van der Waals surface area contributed by atoms with E-state index in [1.165, 1.54) is 11.3 Å². The number of carbonyl (C=O) groups is 1. The summed E-state index contributed by atoms with van der Waals surface area (Å²) in [6.45, 7) is 0.121. The van der Waals surface area contributed by atoms with Crippen molar-refractivity contribution in [3.05, 3.63) is 91.9 Å². The van der Waals surface area contributed by atoms with E-state index in [0.29, 0.717) is 27.2 Å². The Morgan fingerprint density at radius 3 is 2.57 bits per heavy atom. The number of nitrogen functional groups attached to an aromatic ring is 1. The lowest BCUT2D eigenvalue weighted by Gasteiger charge is -2.09. The number of nitrogens with one attached hydrogen (secondary N) is 2. The quantitative estimate of drug-likeness (QED) is 0.464. The highest BCUT2D eigenvalue weighted by atomic mass is 32.1. The Kier molecular flexibility index (Phi) is 4.54. The number of fused-ring (bicyclic) bond motifs is 1. The summed E-state index contributed by atoms with van der Waals surface area (Å²) in [5.41, 5.74) is 7.80. The highest BCUT2D eigenvalue weighted by molar-refractivity contribution is 7.17. The molecule has 0 saturated carbocycles. The maximum absolute atomic E-state index is 12.5. The van der Waals surface area contributed by atoms with Gasteiger partial charge in [0.1, 0.15) is 4.70 Å². The molecular formula is C20H16N4O3S. The van der Waals surface area contributed by atoms with Crippen molar-refractivity contribution in [2.75, 3.05) is 11.1 Å². The average Bonchev–Trinajstić information content (AvgIpc) is 3.16. The minimum absolute atomic E-state index is 0.121. The van der Waals surface area contributed by atoms with Gasteiger partial charge in [-0.15, -0.1) is 11.3 Å². The third-order valence-corrected chi connectivity index (χ3v) is 5.26. The molecule has 0 radical (unpaired) electrons. The zero-order valence-electron chi connectivity index (χ0n) is 14.6. The number of nitrogens with two attached hydrogens (primary N) is 1. The molecule has 0 aliphatic heterocycles. The molecule has 8 heteroatoms. The first-order valence-corrected chi connectivity index (χ1v) is 9.36. The Balaban J connectivity index is 1.56. The van der Waals surface area contributed by atoms with Gasteiger partial charge < -0.3 is 16.0 Å². The standard InChI is InChI=1S/C20H16N4O3S/c21-14-3-1-2-4-15(14)22-18(25)13-7-5-12(6-8-13)11-24-19(26)17-16(9-10-28-17)23-20(24)27/h1-10H,11,21H2,(H,22,25)(H,23,27). The second-order valence-electron chi connectivity index (χ2n) is 6.22. The van der Waals surface area contributed by atoms with Crippen molar-refractivity contribution in [3.8, 4) is 0 Å². The average molecular weight is 392 g/mol. The SMILES string of the molecule is Nc1ccccc1NC(=O)c1ccc(Cn2c(=O)[nH]c3ccsc3c2=O)cc1. The van der Waals surface area contributed by atoms with Crippen molar-refractivity contribution in [2.45, 2.75) is 6.54 Å². The van der Waals surface area contributed by atoms with Crippen molar-refractivity contribution < 1.29 is 4.79 Å². The second-order valence-corrected chi connectivity index (χ2v) is 7.14. The van der Waals surface area contributed by atoms with E-state index in [4.69, 9.17) is 5.73 Å². The van der Waals surface area contributed by atoms with E-state index in [2.05, 4.69) is 10.3 Å². The minimum atomic E-state index is -0.461. The zero-order valence-corrected chi connectivity index (χ0v) is 15.5. The van der Waals surface area contributed by atoms with Crippen LogP contribution in [0.1, 0.15) is 15.9 Å². The Labute approximate surface area is 163 Å². The predicted octanol–water partition coefficient (Wildman–Crippen LogP) is 2.63. The molecule has 140 valence electrons. The number of hydrogen-bond acceptors (Lipinski definition) is 5. The molecule has 0 saturated heterocycles. The molecule has 7 nitrogen and oxygen atoms in total. The van der Waals surface area contributed by atoms with Gasteiger partial charge in [-0.25, -0.2) is 4.79 Å². The number of aromatic nitrogens is 2. The van der Waals surface area contributed by atoms with Crippen molar-refractivity contribution in [3.63, 3.8) is 0 Å². The summed E-state index contributed by atoms with van der Waals surface area (Å²) >= 11 is 1.29. The van der Waals surface area contributed by atoms with Crippen LogP contribution in [0.3, 0.4) is 0 Å². The van der Waals surface area contributed by atoms with Gasteiger partial charge in [-0.3, -0.25) is 14.2 Å². The van der Waals surface area contributed by atoms with Crippen LogP contribution in [0, 0.1) is 0 Å². The van der Waals surface area contributed by atoms with Crippen LogP contribution in [-0.4, -0.2) is 15.5 Å². The highest BCUT2D eigenvalue weighted by Crippen LogP contribution is 2.18. The molecule has 0 fully saturated rings. The smallest absolute Gasteiger partial charge is 0.329 e. The van der Waals surface area contributed by atoms with Gasteiger partial charge >= 0.3 is 5.69 Å². The van der Waals surface area contributed by atoms with Crippen molar-refractivity contribution in [1.82, 2.24) is 9.55 Å². The number of amides is 1. The fraction of sp³-hybridized carbons (Fsp3) is 0.0500. The van der Waals surface area contributed by atoms with E-state index in [1.807, 2.05) is 0 Å². The van der Waals surface area contributed by atoms with Crippen molar-refractivity contribution >= 4 is 38.8 Å². The van der Waals surface area contributed by atoms with Crippen molar-refractivity contribution in [1.29, 1.82) is 0 Å². The molecule has 4 aromatic rings. The number of carbonyl (C=O) groups excluding carboxylic acids is 1. The van der Waals surface area contributed by atoms with E-state index in [9.17, 15) is 14.4 Å². The summed E-state index contributed by atoms with van der Waals surface area (Å²) < 4.78 is 1.66. The number of thiophene rings is 1. The number of nitrogens with zero attached hydrogens (tertiary/aromatic N) is 1. The molecule has 2 aromatic heterocycles. The fourth-order valence-corrected chi connectivity index (χ4v) is 3.66. The molecule has 0 unspecified atom stereocenters. The van der Waals surface area contributed by atoms with Crippen molar-refractivity contribution in [2.24, 2.45) is 0 Å². The van der Waals surface area contributed by atoms with Crippen LogP contribution in [0.2, 0.25) is 0 Å². The first kappa shape index (κ1) is 17.7. The summed E-state index contributed by atoms with van der Waals surface area (Å²) in [6.07, 6.45) is 0. The molecular weight excluding hydrogens is 376 g/mol. The van der Waals surface area contributed by atoms with Gasteiger partial charge in [0.05, 0.1) is 23.4 Å². The van der Waals surface area contributed by atoms with E-state index < -0.39 is 5.69 Å². The summed E-state index contributed by atoms with van der Waals surface area (Å²) in [7, 11) is 0. The number of benzene rings is 2. The van der Waals surface area contributed by atoms with Crippen LogP contribution in [0.4, 0.5) is 11.4 Å². The van der Waals surface area contributed by atoms with Gasteiger partial charge in [0, 0.05) is 5.56 Å². The van der Waals surface area contributed by atoms with E-state index in [-0.39, 0.29) is 18.0 Å². The van der Waals surface area contributed by atoms with Crippen LogP contribution in [0.5, 0.6) is 0 Å². The number of hydrogen-bond donors (Lipinski definition) is 3. The molecule has 4 N–H and O–H groups in total. The number of para-hydroxylation sites is 2. The van der Waals surface area contributed by atoms with Gasteiger partial charge in [-0.1, -0.05) is 24.3 Å². The fourth-order valence-electron chi connectivity index (χ4n) is 2.86. The maximum atomic E-state index is 12.5. The number of aromatic amines is 1. The zero-order chi connectivity index (χ0) is 19.7. The monoisotopic (exact) mass is 392 g/mol. The lowest BCUT2D eigenvalue weighted by Crippen LogP contribution is -2.34. The Hall–Kier alpha value is -3.65. The molecule has 0 spiro atoms. The molecule has 2 heterocycles. The topological polar surface area (TPSA) is 110 Å². The predicted molar refractivity (Wildman–Crippen MR) is 111 cm³/mol. The summed E-state index contributed by atoms with van der Waals surface area (Å²) in [5, 5.41) is 4.52. The van der Waals surface area contributed by atoms with Gasteiger partial charge in [0.2, 0.25) is 0 Å². The molecule has 4 rings (SSSR count). The molecule has 1 amide bonds. The Morgan fingerprint density at radius 2 is 1.82 bits per heavy atom. The van der Waals surface area contributed by atoms with E-state index in [1.54, 1.807) is 60.0 Å². The number of H-pyrrole nitrogens is 1. The highest BCUT2D eigenvalue weighted by Gasteiger charge is 2.11. The lowest BCUT2D eigenvalue weighted by molar-refractivity contribution is 0.102. The summed E-state index contributed by atoms with van der Waals surface area (Å²) in [6, 6.07) is 15.4. The van der Waals surface area contributed by atoms with Crippen LogP contribution in [0.15, 0.2) is 69.6 Å². The Morgan fingerprint density at radius 1 is 1.07 bits per heavy atom. The van der Waals surface area contributed by atoms with Crippen LogP contribution in [-0.2, 0) is 6.54 Å². The second kappa shape index (κ2) is 7.16. The van der Waals surface area contributed by atoms with Crippen LogP contribution < -0.4 is 22.3 Å². The summed E-state index contributed by atoms with van der Waals surface area (Å²) in [5.74, 6) is -0.292. The Bertz CT molecular complexity index is 1290. The third-order valence-electron chi connectivity index (χ3n) is 4.36. The van der Waals surface area contributed by atoms with Gasteiger partial charge in [0.25, 0.3) is 11.5 Å². The van der Waals surface area contributed by atoms with Crippen LogP contribution in [0.25, 0.3) is 10.2 Å². The molecule has 0 bridgehead atoms. The molecule has 0 atom stereocenters. The van der Waals surface area contributed by atoms with E-state index in [0.717, 1.165) is 10.1 Å².